The molecule has 0 fully saturated rings. The number of thioether (sulfide) groups is 1. The Morgan fingerprint density at radius 3 is 2.44 bits per heavy atom. The molecule has 0 bridgehead atoms. The summed E-state index contributed by atoms with van der Waals surface area (Å²) in [6, 6.07) is 8.93. The highest BCUT2D eigenvalue weighted by atomic mass is 32.2. The number of alkyl halides is 2. The maximum atomic E-state index is 12.2. The lowest BCUT2D eigenvalue weighted by atomic mass is 10.1. The van der Waals surface area contributed by atoms with Gasteiger partial charge in [-0.05, 0) is 29.3 Å². The third kappa shape index (κ3) is 3.27. The van der Waals surface area contributed by atoms with Crippen molar-refractivity contribution in [3.05, 3.63) is 48.3 Å². The SMILES string of the molecule is NCc1cncc(-c2ccc(SC(F)F)cc2)c1. The van der Waals surface area contributed by atoms with E-state index in [1.54, 1.807) is 24.5 Å². The zero-order valence-electron chi connectivity index (χ0n) is 9.51. The molecule has 0 amide bonds. The predicted octanol–water partition coefficient (Wildman–Crippen LogP) is 3.52. The summed E-state index contributed by atoms with van der Waals surface area (Å²) >= 11 is 0.541. The van der Waals surface area contributed by atoms with Gasteiger partial charge < -0.3 is 5.73 Å². The number of nitrogens with two attached hydrogens (primary N) is 1. The Bertz CT molecular complexity index is 515. The fraction of sp³-hybridized carbons (Fsp3) is 0.154. The molecule has 0 aliphatic heterocycles. The summed E-state index contributed by atoms with van der Waals surface area (Å²) in [5.41, 5.74) is 8.37. The van der Waals surface area contributed by atoms with Crippen LogP contribution in [-0.4, -0.2) is 10.7 Å². The molecule has 0 radical (unpaired) electrons. The van der Waals surface area contributed by atoms with Crippen LogP contribution in [0.15, 0.2) is 47.6 Å². The predicted molar refractivity (Wildman–Crippen MR) is 69.4 cm³/mol. The van der Waals surface area contributed by atoms with Gasteiger partial charge in [0, 0.05) is 29.4 Å². The Morgan fingerprint density at radius 2 is 1.83 bits per heavy atom. The van der Waals surface area contributed by atoms with Gasteiger partial charge in [-0.25, -0.2) is 0 Å². The second kappa shape index (κ2) is 5.93. The standard InChI is InChI=1S/C13H12F2N2S/c14-13(15)18-12-3-1-10(2-4-12)11-5-9(6-16)7-17-8-11/h1-5,7-8,13H,6,16H2. The van der Waals surface area contributed by atoms with Crippen LogP contribution in [0, 0.1) is 0 Å². The molecule has 5 heteroatoms. The molecular weight excluding hydrogens is 254 g/mol. The first-order chi connectivity index (χ1) is 8.69. The number of hydrogen-bond donors (Lipinski definition) is 1. The maximum Gasteiger partial charge on any atom is 0.288 e. The summed E-state index contributed by atoms with van der Waals surface area (Å²) in [6.45, 7) is 0.431. The van der Waals surface area contributed by atoms with Gasteiger partial charge in [-0.1, -0.05) is 23.9 Å². The van der Waals surface area contributed by atoms with Crippen LogP contribution in [0.5, 0.6) is 0 Å². The van der Waals surface area contributed by atoms with Crippen molar-refractivity contribution in [2.24, 2.45) is 5.73 Å². The Morgan fingerprint density at radius 1 is 1.11 bits per heavy atom. The first-order valence-corrected chi connectivity index (χ1v) is 6.26. The number of benzene rings is 1. The van der Waals surface area contributed by atoms with Gasteiger partial charge in [0.15, 0.2) is 0 Å². The zero-order chi connectivity index (χ0) is 13.0. The van der Waals surface area contributed by atoms with E-state index in [2.05, 4.69) is 4.98 Å². The average molecular weight is 266 g/mol. The van der Waals surface area contributed by atoms with Crippen molar-refractivity contribution in [3.8, 4) is 11.1 Å². The van der Waals surface area contributed by atoms with Crippen molar-refractivity contribution in [2.75, 3.05) is 0 Å². The Labute approximate surface area is 108 Å². The zero-order valence-corrected chi connectivity index (χ0v) is 10.3. The summed E-state index contributed by atoms with van der Waals surface area (Å²) in [7, 11) is 0. The van der Waals surface area contributed by atoms with Crippen molar-refractivity contribution < 1.29 is 8.78 Å². The van der Waals surface area contributed by atoms with Gasteiger partial charge in [-0.2, -0.15) is 8.78 Å². The van der Waals surface area contributed by atoms with Crippen molar-refractivity contribution in [1.29, 1.82) is 0 Å². The van der Waals surface area contributed by atoms with Gasteiger partial charge in [-0.3, -0.25) is 4.98 Å². The first-order valence-electron chi connectivity index (χ1n) is 5.38. The molecule has 0 spiro atoms. The first kappa shape index (κ1) is 13.0. The molecule has 18 heavy (non-hydrogen) atoms. The highest BCUT2D eigenvalue weighted by Gasteiger charge is 2.05. The van der Waals surface area contributed by atoms with E-state index in [9.17, 15) is 8.78 Å². The van der Waals surface area contributed by atoms with E-state index in [1.165, 1.54) is 0 Å². The minimum atomic E-state index is -2.39. The highest BCUT2D eigenvalue weighted by Crippen LogP contribution is 2.27. The Balaban J connectivity index is 2.22. The van der Waals surface area contributed by atoms with Gasteiger partial charge in [0.25, 0.3) is 5.76 Å². The molecule has 1 aromatic heterocycles. The molecule has 0 saturated carbocycles. The number of rotatable bonds is 4. The molecule has 94 valence electrons. The third-order valence-corrected chi connectivity index (χ3v) is 3.17. The number of pyridine rings is 1. The molecule has 0 aliphatic rings. The van der Waals surface area contributed by atoms with Crippen LogP contribution < -0.4 is 5.73 Å². The van der Waals surface area contributed by atoms with E-state index < -0.39 is 5.76 Å². The fourth-order valence-electron chi connectivity index (χ4n) is 1.59. The van der Waals surface area contributed by atoms with Crippen molar-refractivity contribution in [1.82, 2.24) is 4.98 Å². The van der Waals surface area contributed by atoms with E-state index in [1.807, 2.05) is 18.2 Å². The van der Waals surface area contributed by atoms with E-state index >= 15 is 0 Å². The molecule has 1 heterocycles. The van der Waals surface area contributed by atoms with Crippen LogP contribution in [0.1, 0.15) is 5.56 Å². The van der Waals surface area contributed by atoms with Gasteiger partial charge in [0.1, 0.15) is 0 Å². The number of aromatic nitrogens is 1. The van der Waals surface area contributed by atoms with Crippen molar-refractivity contribution in [3.63, 3.8) is 0 Å². The monoisotopic (exact) mass is 266 g/mol. The molecular formula is C13H12F2N2S. The van der Waals surface area contributed by atoms with E-state index in [0.717, 1.165) is 16.7 Å². The molecule has 0 aliphatic carbocycles. The lowest BCUT2D eigenvalue weighted by Gasteiger charge is -2.05. The minimum Gasteiger partial charge on any atom is -0.326 e. The van der Waals surface area contributed by atoms with Crippen molar-refractivity contribution in [2.45, 2.75) is 17.2 Å². The smallest absolute Gasteiger partial charge is 0.288 e. The van der Waals surface area contributed by atoms with E-state index in [4.69, 9.17) is 5.73 Å². The van der Waals surface area contributed by atoms with Crippen LogP contribution in [-0.2, 0) is 6.54 Å². The molecule has 1 aromatic carbocycles. The normalized spacial score (nSPS) is 10.9. The molecule has 2 N–H and O–H groups in total. The third-order valence-electron chi connectivity index (χ3n) is 2.44. The topological polar surface area (TPSA) is 38.9 Å². The van der Waals surface area contributed by atoms with Crippen LogP contribution >= 0.6 is 11.8 Å². The van der Waals surface area contributed by atoms with Crippen LogP contribution in [0.2, 0.25) is 0 Å². The molecule has 0 unspecified atom stereocenters. The Kier molecular flexibility index (Phi) is 4.28. The van der Waals surface area contributed by atoms with Crippen molar-refractivity contribution >= 4 is 11.8 Å². The van der Waals surface area contributed by atoms with E-state index in [0.29, 0.717) is 23.2 Å². The maximum absolute atomic E-state index is 12.2. The Hall–Kier alpha value is -1.46. The van der Waals surface area contributed by atoms with Crippen LogP contribution in [0.4, 0.5) is 8.78 Å². The molecule has 0 atom stereocenters. The minimum absolute atomic E-state index is 0.431. The average Bonchev–Trinajstić information content (AvgIpc) is 2.39. The largest absolute Gasteiger partial charge is 0.326 e. The van der Waals surface area contributed by atoms with Gasteiger partial charge >= 0.3 is 0 Å². The second-order valence-electron chi connectivity index (χ2n) is 3.69. The molecule has 2 nitrogen and oxygen atoms in total. The van der Waals surface area contributed by atoms with Gasteiger partial charge in [-0.15, -0.1) is 0 Å². The second-order valence-corrected chi connectivity index (χ2v) is 4.75. The number of hydrogen-bond acceptors (Lipinski definition) is 3. The summed E-state index contributed by atoms with van der Waals surface area (Å²) in [6.07, 6.45) is 3.44. The van der Waals surface area contributed by atoms with Crippen LogP contribution in [0.25, 0.3) is 11.1 Å². The van der Waals surface area contributed by atoms with E-state index in [-0.39, 0.29) is 0 Å². The van der Waals surface area contributed by atoms with Crippen LogP contribution in [0.3, 0.4) is 0 Å². The summed E-state index contributed by atoms with van der Waals surface area (Å²) < 4.78 is 24.4. The summed E-state index contributed by atoms with van der Waals surface area (Å²) in [4.78, 5) is 4.65. The lowest BCUT2D eigenvalue weighted by Crippen LogP contribution is -1.97. The summed E-state index contributed by atoms with van der Waals surface area (Å²) in [5.74, 6) is -2.39. The highest BCUT2D eigenvalue weighted by molar-refractivity contribution is 7.99. The van der Waals surface area contributed by atoms with Gasteiger partial charge in [0.05, 0.1) is 0 Å². The summed E-state index contributed by atoms with van der Waals surface area (Å²) in [5, 5.41) is 0. The quantitative estimate of drug-likeness (QED) is 0.860. The molecule has 2 rings (SSSR count). The lowest BCUT2D eigenvalue weighted by molar-refractivity contribution is 0.252. The number of nitrogens with zero attached hydrogens (tertiary/aromatic N) is 1. The number of halogens is 2. The molecule has 0 saturated heterocycles. The fourth-order valence-corrected chi connectivity index (χ4v) is 2.08. The molecule has 2 aromatic rings. The van der Waals surface area contributed by atoms with Gasteiger partial charge in [0.2, 0.25) is 0 Å².